The molecular weight excluding hydrogens is 339 g/mol. The van der Waals surface area contributed by atoms with Crippen LogP contribution in [0.1, 0.15) is 33.4 Å². The van der Waals surface area contributed by atoms with Crippen LogP contribution in [0.2, 0.25) is 6.55 Å². The normalized spacial score (nSPS) is 10.9. The van der Waals surface area contributed by atoms with E-state index >= 15 is 0 Å². The van der Waals surface area contributed by atoms with Crippen LogP contribution in [0.25, 0.3) is 0 Å². The predicted molar refractivity (Wildman–Crippen MR) is 124 cm³/mol. The molecule has 0 bridgehead atoms. The maximum atomic E-state index is 2.34. The van der Waals surface area contributed by atoms with E-state index in [1.54, 1.807) is 0 Å². The van der Waals surface area contributed by atoms with Gasteiger partial charge in [0.1, 0.15) is 0 Å². The summed E-state index contributed by atoms with van der Waals surface area (Å²) in [6.45, 7) is 16.1. The van der Waals surface area contributed by atoms with Crippen molar-refractivity contribution in [2.24, 2.45) is 0 Å². The smallest absolute Gasteiger partial charge is 0.0698 e. The standard InChI is InChI=1S/C25H29BSi/c1-16-12-18(3)24(19(4)13-16)26(22-10-8-9-11-23(22)27-7)25-20(5)14-17(2)15-21(25)6/h8-15H,1-7H3. The quantitative estimate of drug-likeness (QED) is 0.619. The van der Waals surface area contributed by atoms with Crippen LogP contribution in [-0.2, 0) is 0 Å². The van der Waals surface area contributed by atoms with E-state index in [1.807, 2.05) is 0 Å². The molecule has 0 unspecified atom stereocenters. The molecule has 3 rings (SSSR count). The molecule has 2 radical (unpaired) electrons. The van der Waals surface area contributed by atoms with Crippen molar-refractivity contribution in [2.75, 3.05) is 0 Å². The van der Waals surface area contributed by atoms with Gasteiger partial charge in [-0.1, -0.05) is 110 Å². The fourth-order valence-corrected chi connectivity index (χ4v) is 5.50. The second-order valence-corrected chi connectivity index (χ2v) is 8.93. The van der Waals surface area contributed by atoms with E-state index in [-0.39, 0.29) is 6.71 Å². The lowest BCUT2D eigenvalue weighted by molar-refractivity contribution is 1.34. The summed E-state index contributed by atoms with van der Waals surface area (Å²) in [7, 11) is 0.794. The third-order valence-corrected chi connectivity index (χ3v) is 6.59. The van der Waals surface area contributed by atoms with Gasteiger partial charge in [-0.3, -0.25) is 0 Å². The number of hydrogen-bond donors (Lipinski definition) is 0. The zero-order chi connectivity index (χ0) is 19.7. The summed E-state index contributed by atoms with van der Waals surface area (Å²) in [5.41, 5.74) is 12.7. The van der Waals surface area contributed by atoms with Crippen molar-refractivity contribution in [3.05, 3.63) is 81.9 Å². The molecule has 2 heteroatoms. The summed E-state index contributed by atoms with van der Waals surface area (Å²) in [4.78, 5) is 0. The summed E-state index contributed by atoms with van der Waals surface area (Å²) in [6, 6.07) is 18.4. The van der Waals surface area contributed by atoms with Gasteiger partial charge in [0.25, 0.3) is 0 Å². The summed E-state index contributed by atoms with van der Waals surface area (Å²) in [5.74, 6) is 0. The minimum absolute atomic E-state index is 0.287. The van der Waals surface area contributed by atoms with Gasteiger partial charge in [0.2, 0.25) is 6.71 Å². The lowest BCUT2D eigenvalue weighted by Crippen LogP contribution is -2.60. The Hall–Kier alpha value is -2.06. The first-order chi connectivity index (χ1) is 12.8. The molecule has 0 amide bonds. The van der Waals surface area contributed by atoms with Gasteiger partial charge >= 0.3 is 0 Å². The first-order valence-corrected chi connectivity index (χ1v) is 11.3. The molecule has 3 aromatic carbocycles. The molecule has 0 saturated heterocycles. The fraction of sp³-hybridized carbons (Fsp3) is 0.280. The van der Waals surface area contributed by atoms with Crippen molar-refractivity contribution in [2.45, 2.75) is 48.1 Å². The summed E-state index contributed by atoms with van der Waals surface area (Å²) in [5, 5.41) is 1.47. The molecule has 0 spiro atoms. The Kier molecular flexibility index (Phi) is 5.76. The maximum Gasteiger partial charge on any atom is 0.242 e. The largest absolute Gasteiger partial charge is 0.242 e. The van der Waals surface area contributed by atoms with Crippen LogP contribution in [0.5, 0.6) is 0 Å². The van der Waals surface area contributed by atoms with Gasteiger partial charge in [-0.25, -0.2) is 0 Å². The Morgan fingerprint density at radius 3 is 1.44 bits per heavy atom. The Labute approximate surface area is 167 Å². The number of rotatable bonds is 4. The molecule has 0 aliphatic heterocycles. The first kappa shape index (κ1) is 19.7. The van der Waals surface area contributed by atoms with E-state index in [4.69, 9.17) is 0 Å². The van der Waals surface area contributed by atoms with E-state index < -0.39 is 0 Å². The Bertz CT molecular complexity index is 884. The molecule has 27 heavy (non-hydrogen) atoms. The second kappa shape index (κ2) is 7.90. The monoisotopic (exact) mass is 368 g/mol. The van der Waals surface area contributed by atoms with Gasteiger partial charge < -0.3 is 0 Å². The Balaban J connectivity index is 2.40. The van der Waals surface area contributed by atoms with Gasteiger partial charge in [0, 0.05) is 0 Å². The zero-order valence-corrected chi connectivity index (χ0v) is 18.7. The van der Waals surface area contributed by atoms with Crippen molar-refractivity contribution in [1.29, 1.82) is 0 Å². The van der Waals surface area contributed by atoms with Gasteiger partial charge in [-0.05, 0) is 41.5 Å². The SMILES string of the molecule is C[Si]c1ccccc1B(c1c(C)cc(C)cc1C)c1c(C)cc(C)cc1C. The molecule has 0 aromatic heterocycles. The van der Waals surface area contributed by atoms with Crippen molar-refractivity contribution in [1.82, 2.24) is 0 Å². The molecule has 0 nitrogen and oxygen atoms in total. The molecule has 0 aliphatic rings. The highest BCUT2D eigenvalue weighted by molar-refractivity contribution is 6.98. The molecular formula is C25H29BSi. The van der Waals surface area contributed by atoms with Crippen LogP contribution in [0.15, 0.2) is 48.5 Å². The average Bonchev–Trinajstić information content (AvgIpc) is 2.58. The fourth-order valence-electron chi connectivity index (χ4n) is 4.72. The number of aryl methyl sites for hydroxylation is 6. The Morgan fingerprint density at radius 2 is 1.04 bits per heavy atom. The summed E-state index contributed by atoms with van der Waals surface area (Å²) < 4.78 is 0. The van der Waals surface area contributed by atoms with Crippen molar-refractivity contribution < 1.29 is 0 Å². The molecule has 136 valence electrons. The van der Waals surface area contributed by atoms with Gasteiger partial charge in [0.05, 0.1) is 9.52 Å². The van der Waals surface area contributed by atoms with E-state index in [2.05, 4.69) is 96.6 Å². The second-order valence-electron chi connectivity index (χ2n) is 7.90. The topological polar surface area (TPSA) is 0 Å². The van der Waals surface area contributed by atoms with Gasteiger partial charge in [-0.2, -0.15) is 0 Å². The lowest BCUT2D eigenvalue weighted by atomic mass is 9.34. The van der Waals surface area contributed by atoms with Gasteiger partial charge in [-0.15, -0.1) is 0 Å². The third-order valence-electron chi connectivity index (χ3n) is 5.59. The molecule has 0 saturated carbocycles. The highest BCUT2D eigenvalue weighted by atomic mass is 28.2. The van der Waals surface area contributed by atoms with Crippen molar-refractivity contribution >= 4 is 37.8 Å². The Morgan fingerprint density at radius 1 is 0.630 bits per heavy atom. The van der Waals surface area contributed by atoms with E-state index in [0.717, 1.165) is 9.52 Å². The average molecular weight is 368 g/mol. The predicted octanol–water partition coefficient (Wildman–Crippen LogP) is 3.43. The molecule has 0 fully saturated rings. The van der Waals surface area contributed by atoms with Crippen LogP contribution < -0.4 is 21.6 Å². The third kappa shape index (κ3) is 3.82. The highest BCUT2D eigenvalue weighted by Gasteiger charge is 2.29. The van der Waals surface area contributed by atoms with Crippen LogP contribution in [-0.4, -0.2) is 16.2 Å². The minimum atomic E-state index is 0.287. The molecule has 0 N–H and O–H groups in total. The first-order valence-electron chi connectivity index (χ1n) is 9.75. The molecule has 0 aliphatic carbocycles. The lowest BCUT2D eigenvalue weighted by Gasteiger charge is -2.26. The van der Waals surface area contributed by atoms with Crippen LogP contribution in [0, 0.1) is 41.5 Å². The van der Waals surface area contributed by atoms with E-state index in [1.165, 1.54) is 55.0 Å². The molecule has 3 aromatic rings. The minimum Gasteiger partial charge on any atom is -0.0698 e. The van der Waals surface area contributed by atoms with Crippen LogP contribution in [0.4, 0.5) is 0 Å². The number of hydrogen-bond acceptors (Lipinski definition) is 0. The van der Waals surface area contributed by atoms with Crippen molar-refractivity contribution in [3.63, 3.8) is 0 Å². The summed E-state index contributed by atoms with van der Waals surface area (Å²) >= 11 is 0. The van der Waals surface area contributed by atoms with E-state index in [9.17, 15) is 0 Å². The number of benzene rings is 3. The van der Waals surface area contributed by atoms with Gasteiger partial charge in [0.15, 0.2) is 0 Å². The molecule has 0 heterocycles. The zero-order valence-electron chi connectivity index (χ0n) is 17.7. The molecule has 0 atom stereocenters. The highest BCUT2D eigenvalue weighted by Crippen LogP contribution is 2.12. The maximum absolute atomic E-state index is 2.34. The van der Waals surface area contributed by atoms with E-state index in [0.29, 0.717) is 0 Å². The van der Waals surface area contributed by atoms with Crippen molar-refractivity contribution in [3.8, 4) is 0 Å². The van der Waals surface area contributed by atoms with Crippen LogP contribution in [0.3, 0.4) is 0 Å². The van der Waals surface area contributed by atoms with Crippen LogP contribution >= 0.6 is 0 Å². The summed E-state index contributed by atoms with van der Waals surface area (Å²) in [6.07, 6.45) is 0.